The van der Waals surface area contributed by atoms with Crippen LogP contribution in [0.25, 0.3) is 0 Å². The monoisotopic (exact) mass is 294 g/mol. The van der Waals surface area contributed by atoms with Crippen molar-refractivity contribution in [3.8, 4) is 0 Å². The van der Waals surface area contributed by atoms with E-state index in [4.69, 9.17) is 0 Å². The fourth-order valence-electron chi connectivity index (χ4n) is 1.94. The molecule has 0 saturated carbocycles. The number of rotatable bonds is 5. The van der Waals surface area contributed by atoms with Gasteiger partial charge in [0.15, 0.2) is 5.16 Å². The predicted octanol–water partition coefficient (Wildman–Crippen LogP) is 0.827. The fourth-order valence-corrected chi connectivity index (χ4v) is 2.64. The van der Waals surface area contributed by atoms with Gasteiger partial charge in [-0.25, -0.2) is 0 Å². The van der Waals surface area contributed by atoms with Crippen molar-refractivity contribution in [2.75, 3.05) is 5.75 Å². The predicted molar refractivity (Wildman–Crippen MR) is 76.2 cm³/mol. The van der Waals surface area contributed by atoms with Gasteiger partial charge in [-0.2, -0.15) is 5.10 Å². The van der Waals surface area contributed by atoms with Crippen LogP contribution >= 0.6 is 11.8 Å². The molecule has 0 bridgehead atoms. The van der Waals surface area contributed by atoms with Gasteiger partial charge in [0.1, 0.15) is 6.33 Å². The van der Waals surface area contributed by atoms with E-state index < -0.39 is 0 Å². The molecule has 0 aliphatic carbocycles. The Labute approximate surface area is 121 Å². The molecule has 2 heterocycles. The third kappa shape index (κ3) is 3.38. The maximum Gasteiger partial charge on any atom is 0.230 e. The minimum atomic E-state index is -0.0590. The van der Waals surface area contributed by atoms with E-state index in [1.807, 2.05) is 34.1 Å². The van der Waals surface area contributed by atoms with Crippen molar-refractivity contribution in [1.82, 2.24) is 29.9 Å². The highest BCUT2D eigenvalue weighted by Gasteiger charge is 2.15. The highest BCUT2D eigenvalue weighted by Crippen LogP contribution is 2.17. The molecular formula is C12H18N6OS. The summed E-state index contributed by atoms with van der Waals surface area (Å²) >= 11 is 1.36. The van der Waals surface area contributed by atoms with Crippen LogP contribution in [0.1, 0.15) is 24.2 Å². The number of carbonyl (C=O) groups is 1. The largest absolute Gasteiger partial charge is 0.349 e. The molecule has 8 heteroatoms. The molecule has 108 valence electrons. The van der Waals surface area contributed by atoms with Crippen molar-refractivity contribution < 1.29 is 4.79 Å². The van der Waals surface area contributed by atoms with Crippen LogP contribution in [0.4, 0.5) is 0 Å². The van der Waals surface area contributed by atoms with Crippen LogP contribution in [0.15, 0.2) is 17.7 Å². The summed E-state index contributed by atoms with van der Waals surface area (Å²) in [6.07, 6.45) is 3.54. The van der Waals surface area contributed by atoms with Crippen molar-refractivity contribution in [3.63, 3.8) is 0 Å². The molecule has 0 radical (unpaired) electrons. The van der Waals surface area contributed by atoms with E-state index >= 15 is 0 Å². The third-order valence-electron chi connectivity index (χ3n) is 2.90. The molecule has 0 aromatic carbocycles. The topological polar surface area (TPSA) is 77.6 Å². The first-order valence-corrected chi connectivity index (χ1v) is 7.22. The molecule has 2 aromatic heterocycles. The number of hydrogen-bond acceptors (Lipinski definition) is 5. The summed E-state index contributed by atoms with van der Waals surface area (Å²) < 4.78 is 3.54. The van der Waals surface area contributed by atoms with E-state index in [0.717, 1.165) is 16.4 Å². The van der Waals surface area contributed by atoms with Gasteiger partial charge in [0.25, 0.3) is 0 Å². The zero-order valence-corrected chi connectivity index (χ0v) is 12.8. The zero-order valence-electron chi connectivity index (χ0n) is 12.0. The van der Waals surface area contributed by atoms with Crippen LogP contribution < -0.4 is 5.32 Å². The Bertz CT molecular complexity index is 605. The van der Waals surface area contributed by atoms with Gasteiger partial charge < -0.3 is 9.88 Å². The molecular weight excluding hydrogens is 276 g/mol. The smallest absolute Gasteiger partial charge is 0.230 e. The van der Waals surface area contributed by atoms with E-state index in [-0.39, 0.29) is 11.9 Å². The normalized spacial score (nSPS) is 12.4. The van der Waals surface area contributed by atoms with E-state index in [1.54, 1.807) is 15.6 Å². The average molecular weight is 294 g/mol. The number of amides is 1. The second-order valence-electron chi connectivity index (χ2n) is 4.65. The highest BCUT2D eigenvalue weighted by atomic mass is 32.2. The number of aryl methyl sites for hydroxylation is 3. The minimum absolute atomic E-state index is 0.0336. The van der Waals surface area contributed by atoms with Gasteiger partial charge in [-0.3, -0.25) is 9.48 Å². The van der Waals surface area contributed by atoms with Crippen molar-refractivity contribution >= 4 is 17.7 Å². The molecule has 7 nitrogen and oxygen atoms in total. The number of aromatic nitrogens is 5. The summed E-state index contributed by atoms with van der Waals surface area (Å²) in [7, 11) is 3.72. The molecule has 0 aliphatic heterocycles. The first kappa shape index (κ1) is 14.6. The molecule has 2 aromatic rings. The SMILES string of the molecule is Cc1nn(C)cc1[C@H](C)NC(=O)CSc1nncn1C. The molecule has 0 saturated heterocycles. The lowest BCUT2D eigenvalue weighted by molar-refractivity contribution is -0.119. The van der Waals surface area contributed by atoms with Gasteiger partial charge >= 0.3 is 0 Å². The molecule has 1 atom stereocenters. The summed E-state index contributed by atoms with van der Waals surface area (Å²) in [6.45, 7) is 3.89. The van der Waals surface area contributed by atoms with Crippen LogP contribution in [0.5, 0.6) is 0 Å². The standard InChI is InChI=1S/C12H18N6OS/c1-8(10-5-18(4)16-9(10)2)14-11(19)6-20-12-15-13-7-17(12)3/h5,7-8H,6H2,1-4H3,(H,14,19)/t8-/m0/s1. The molecule has 0 fully saturated rings. The number of nitrogens with one attached hydrogen (secondary N) is 1. The summed E-state index contributed by atoms with van der Waals surface area (Å²) in [4.78, 5) is 11.9. The summed E-state index contributed by atoms with van der Waals surface area (Å²) in [5.41, 5.74) is 1.96. The van der Waals surface area contributed by atoms with Crippen molar-refractivity contribution in [2.24, 2.45) is 14.1 Å². The molecule has 20 heavy (non-hydrogen) atoms. The van der Waals surface area contributed by atoms with Gasteiger partial charge in [-0.15, -0.1) is 10.2 Å². The Morgan fingerprint density at radius 2 is 2.25 bits per heavy atom. The summed E-state index contributed by atoms with van der Waals surface area (Å²) in [5, 5.41) is 15.7. The maximum absolute atomic E-state index is 11.9. The molecule has 0 spiro atoms. The van der Waals surface area contributed by atoms with E-state index in [1.165, 1.54) is 11.8 Å². The highest BCUT2D eigenvalue weighted by molar-refractivity contribution is 7.99. The molecule has 2 rings (SSSR count). The Kier molecular flexibility index (Phi) is 4.43. The van der Waals surface area contributed by atoms with Crippen LogP contribution in [0, 0.1) is 6.92 Å². The van der Waals surface area contributed by atoms with Gasteiger partial charge in [-0.1, -0.05) is 11.8 Å². The minimum Gasteiger partial charge on any atom is -0.349 e. The Morgan fingerprint density at radius 3 is 2.80 bits per heavy atom. The lowest BCUT2D eigenvalue weighted by atomic mass is 10.1. The number of hydrogen-bond donors (Lipinski definition) is 1. The lowest BCUT2D eigenvalue weighted by Crippen LogP contribution is -2.28. The second-order valence-corrected chi connectivity index (χ2v) is 5.59. The molecule has 1 N–H and O–H groups in total. The van der Waals surface area contributed by atoms with Gasteiger partial charge in [0.05, 0.1) is 17.5 Å². The van der Waals surface area contributed by atoms with Crippen LogP contribution in [0.2, 0.25) is 0 Å². The Balaban J connectivity index is 1.88. The first-order valence-electron chi connectivity index (χ1n) is 6.23. The molecule has 0 aliphatic rings. The lowest BCUT2D eigenvalue weighted by Gasteiger charge is -2.12. The average Bonchev–Trinajstić information content (AvgIpc) is 2.92. The maximum atomic E-state index is 11.9. The quantitative estimate of drug-likeness (QED) is 0.826. The van der Waals surface area contributed by atoms with Crippen LogP contribution in [-0.2, 0) is 18.9 Å². The Hall–Kier alpha value is -1.83. The Morgan fingerprint density at radius 1 is 1.50 bits per heavy atom. The van der Waals surface area contributed by atoms with E-state index in [9.17, 15) is 4.79 Å². The second kappa shape index (κ2) is 6.08. The van der Waals surface area contributed by atoms with Gasteiger partial charge in [-0.05, 0) is 13.8 Å². The third-order valence-corrected chi connectivity index (χ3v) is 3.93. The number of thioether (sulfide) groups is 1. The van der Waals surface area contributed by atoms with Crippen LogP contribution in [0.3, 0.4) is 0 Å². The molecule has 0 unspecified atom stereocenters. The fraction of sp³-hybridized carbons (Fsp3) is 0.500. The van der Waals surface area contributed by atoms with E-state index in [0.29, 0.717) is 5.75 Å². The van der Waals surface area contributed by atoms with Crippen LogP contribution in [-0.4, -0.2) is 36.2 Å². The number of carbonyl (C=O) groups excluding carboxylic acids is 1. The van der Waals surface area contributed by atoms with Crippen molar-refractivity contribution in [1.29, 1.82) is 0 Å². The zero-order chi connectivity index (χ0) is 14.7. The van der Waals surface area contributed by atoms with Gasteiger partial charge in [0.2, 0.25) is 5.91 Å². The molecule has 1 amide bonds. The number of nitrogens with zero attached hydrogens (tertiary/aromatic N) is 5. The van der Waals surface area contributed by atoms with E-state index in [2.05, 4.69) is 20.6 Å². The first-order chi connectivity index (χ1) is 9.47. The summed E-state index contributed by atoms with van der Waals surface area (Å²) in [5.74, 6) is 0.282. The summed E-state index contributed by atoms with van der Waals surface area (Å²) in [6, 6.07) is -0.0590. The van der Waals surface area contributed by atoms with Gasteiger partial charge in [0, 0.05) is 25.9 Å². The van der Waals surface area contributed by atoms with Crippen molar-refractivity contribution in [2.45, 2.75) is 25.0 Å². The van der Waals surface area contributed by atoms with Crippen molar-refractivity contribution in [3.05, 3.63) is 23.8 Å².